The summed E-state index contributed by atoms with van der Waals surface area (Å²) in [5, 5.41) is 13.2. The van der Waals surface area contributed by atoms with Crippen LogP contribution in [0, 0.1) is 11.3 Å². The molecule has 0 bridgehead atoms. The monoisotopic (exact) mass is 500 g/mol. The summed E-state index contributed by atoms with van der Waals surface area (Å²) in [4.78, 5) is 12.4. The number of hydrogen-bond donors (Lipinski definition) is 1. The lowest BCUT2D eigenvalue weighted by atomic mass is 10.1. The van der Waals surface area contributed by atoms with E-state index in [2.05, 4.69) is 21.2 Å². The van der Waals surface area contributed by atoms with E-state index in [1.807, 2.05) is 18.2 Å². The molecule has 0 aliphatic heterocycles. The average molecular weight is 502 g/mol. The number of ether oxygens (including phenoxy) is 1. The molecule has 3 aromatic carbocycles. The number of rotatable bonds is 6. The summed E-state index contributed by atoms with van der Waals surface area (Å²) in [6.45, 7) is 0.295. The van der Waals surface area contributed by atoms with Crippen molar-refractivity contribution in [2.24, 2.45) is 0 Å². The number of nitrogens with one attached hydrogen (secondary N) is 1. The molecule has 7 heteroatoms. The first-order chi connectivity index (χ1) is 14.4. The first-order valence-electron chi connectivity index (χ1n) is 8.80. The molecule has 0 aliphatic rings. The van der Waals surface area contributed by atoms with Gasteiger partial charge in [-0.05, 0) is 54.1 Å². The first-order valence-corrected chi connectivity index (χ1v) is 10.3. The van der Waals surface area contributed by atoms with E-state index in [0.717, 1.165) is 10.0 Å². The van der Waals surface area contributed by atoms with Gasteiger partial charge in [0.15, 0.2) is 0 Å². The number of benzene rings is 3. The van der Waals surface area contributed by atoms with E-state index in [0.29, 0.717) is 33.7 Å². The first kappa shape index (κ1) is 21.9. The van der Waals surface area contributed by atoms with E-state index in [1.54, 1.807) is 54.6 Å². The Labute approximate surface area is 192 Å². The van der Waals surface area contributed by atoms with Crippen LogP contribution in [0.25, 0.3) is 6.08 Å². The predicted molar refractivity (Wildman–Crippen MR) is 124 cm³/mol. The zero-order chi connectivity index (χ0) is 21.5. The van der Waals surface area contributed by atoms with E-state index < -0.39 is 5.91 Å². The fourth-order valence-corrected chi connectivity index (χ4v) is 3.40. The molecule has 1 N–H and O–H groups in total. The number of hydrogen-bond acceptors (Lipinski definition) is 3. The van der Waals surface area contributed by atoms with Gasteiger partial charge in [0.1, 0.15) is 24.0 Å². The van der Waals surface area contributed by atoms with Crippen LogP contribution in [-0.2, 0) is 11.4 Å². The Balaban J connectivity index is 1.65. The zero-order valence-corrected chi connectivity index (χ0v) is 18.6. The van der Waals surface area contributed by atoms with Gasteiger partial charge >= 0.3 is 0 Å². The maximum absolute atomic E-state index is 12.4. The molecule has 3 rings (SSSR count). The van der Waals surface area contributed by atoms with Gasteiger partial charge in [-0.2, -0.15) is 5.26 Å². The van der Waals surface area contributed by atoms with Crippen LogP contribution in [0.4, 0.5) is 5.69 Å². The highest BCUT2D eigenvalue weighted by Crippen LogP contribution is 2.23. The SMILES string of the molecule is N#C/C(=C/c1ccc(OCc2ccc(Cl)cc2Cl)cc1)C(=O)Nc1cccc(Br)c1. The molecule has 150 valence electrons. The van der Waals surface area contributed by atoms with Crippen molar-refractivity contribution in [3.05, 3.63) is 97.9 Å². The Morgan fingerprint density at radius 3 is 2.53 bits per heavy atom. The summed E-state index contributed by atoms with van der Waals surface area (Å²) in [5.74, 6) is 0.156. The molecule has 3 aromatic rings. The molecular formula is C23H15BrCl2N2O2. The average Bonchev–Trinajstić information content (AvgIpc) is 2.72. The van der Waals surface area contributed by atoms with Crippen molar-refractivity contribution in [3.8, 4) is 11.8 Å². The Morgan fingerprint density at radius 1 is 1.10 bits per heavy atom. The summed E-state index contributed by atoms with van der Waals surface area (Å²) < 4.78 is 6.57. The van der Waals surface area contributed by atoms with Gasteiger partial charge in [-0.3, -0.25) is 4.79 Å². The van der Waals surface area contributed by atoms with Gasteiger partial charge in [0, 0.05) is 25.8 Å². The lowest BCUT2D eigenvalue weighted by molar-refractivity contribution is -0.112. The Morgan fingerprint density at radius 2 is 1.87 bits per heavy atom. The molecule has 0 aromatic heterocycles. The van der Waals surface area contributed by atoms with Gasteiger partial charge in [-0.15, -0.1) is 0 Å². The minimum Gasteiger partial charge on any atom is -0.489 e. The number of carbonyl (C=O) groups excluding carboxylic acids is 1. The number of anilines is 1. The van der Waals surface area contributed by atoms with Crippen molar-refractivity contribution >= 4 is 56.8 Å². The topological polar surface area (TPSA) is 62.1 Å². The van der Waals surface area contributed by atoms with Crippen molar-refractivity contribution in [1.82, 2.24) is 0 Å². The second-order valence-electron chi connectivity index (χ2n) is 6.23. The molecule has 4 nitrogen and oxygen atoms in total. The van der Waals surface area contributed by atoms with Gasteiger partial charge in [-0.25, -0.2) is 0 Å². The highest BCUT2D eigenvalue weighted by atomic mass is 79.9. The third-order valence-corrected chi connectivity index (χ3v) is 5.13. The second-order valence-corrected chi connectivity index (χ2v) is 7.99. The van der Waals surface area contributed by atoms with Crippen molar-refractivity contribution in [3.63, 3.8) is 0 Å². The zero-order valence-electron chi connectivity index (χ0n) is 15.5. The lowest BCUT2D eigenvalue weighted by Crippen LogP contribution is -2.13. The molecule has 0 radical (unpaired) electrons. The van der Waals surface area contributed by atoms with E-state index >= 15 is 0 Å². The normalized spacial score (nSPS) is 10.9. The van der Waals surface area contributed by atoms with E-state index in [-0.39, 0.29) is 5.57 Å². The number of carbonyl (C=O) groups is 1. The van der Waals surface area contributed by atoms with Gasteiger partial charge < -0.3 is 10.1 Å². The fraction of sp³-hybridized carbons (Fsp3) is 0.0435. The molecule has 0 saturated heterocycles. The second kappa shape index (κ2) is 10.3. The summed E-state index contributed by atoms with van der Waals surface area (Å²) in [5.41, 5.74) is 2.12. The maximum atomic E-state index is 12.4. The third kappa shape index (κ3) is 6.11. The van der Waals surface area contributed by atoms with Gasteiger partial charge in [0.2, 0.25) is 0 Å². The van der Waals surface area contributed by atoms with Gasteiger partial charge in [-0.1, -0.05) is 63.4 Å². The van der Waals surface area contributed by atoms with Crippen molar-refractivity contribution in [2.75, 3.05) is 5.32 Å². The van der Waals surface area contributed by atoms with Crippen molar-refractivity contribution in [2.45, 2.75) is 6.61 Å². The Hall–Kier alpha value is -2.78. The molecule has 0 aliphatic carbocycles. The highest BCUT2D eigenvalue weighted by Gasteiger charge is 2.10. The summed E-state index contributed by atoms with van der Waals surface area (Å²) in [7, 11) is 0. The van der Waals surface area contributed by atoms with E-state index in [9.17, 15) is 10.1 Å². The van der Waals surface area contributed by atoms with E-state index in [1.165, 1.54) is 6.08 Å². The highest BCUT2D eigenvalue weighted by molar-refractivity contribution is 9.10. The maximum Gasteiger partial charge on any atom is 0.266 e. The fourth-order valence-electron chi connectivity index (χ4n) is 2.54. The predicted octanol–water partition coefficient (Wildman–Crippen LogP) is 6.88. The van der Waals surface area contributed by atoms with Crippen LogP contribution in [0.1, 0.15) is 11.1 Å². The van der Waals surface area contributed by atoms with Crippen LogP contribution in [0.5, 0.6) is 5.75 Å². The van der Waals surface area contributed by atoms with Crippen LogP contribution in [0.3, 0.4) is 0 Å². The van der Waals surface area contributed by atoms with Gasteiger partial charge in [0.25, 0.3) is 5.91 Å². The third-order valence-electron chi connectivity index (χ3n) is 4.05. The molecular weight excluding hydrogens is 487 g/mol. The van der Waals surface area contributed by atoms with Crippen LogP contribution < -0.4 is 10.1 Å². The van der Waals surface area contributed by atoms with Gasteiger partial charge in [0.05, 0.1) is 0 Å². The Bertz CT molecular complexity index is 1140. The molecule has 30 heavy (non-hydrogen) atoms. The number of amides is 1. The minimum absolute atomic E-state index is 0.00316. The number of nitrogens with zero attached hydrogens (tertiary/aromatic N) is 1. The Kier molecular flexibility index (Phi) is 7.53. The van der Waals surface area contributed by atoms with Crippen LogP contribution >= 0.6 is 39.1 Å². The minimum atomic E-state index is -0.478. The molecule has 0 atom stereocenters. The number of nitriles is 1. The largest absolute Gasteiger partial charge is 0.489 e. The summed E-state index contributed by atoms with van der Waals surface area (Å²) >= 11 is 15.4. The number of halogens is 3. The molecule has 0 fully saturated rings. The quantitative estimate of drug-likeness (QED) is 0.295. The lowest BCUT2D eigenvalue weighted by Gasteiger charge is -2.08. The molecule has 0 heterocycles. The smallest absolute Gasteiger partial charge is 0.266 e. The molecule has 0 unspecified atom stereocenters. The molecule has 1 amide bonds. The van der Waals surface area contributed by atoms with Crippen LogP contribution in [0.2, 0.25) is 10.0 Å². The van der Waals surface area contributed by atoms with Crippen molar-refractivity contribution in [1.29, 1.82) is 5.26 Å². The molecule has 0 spiro atoms. The van der Waals surface area contributed by atoms with E-state index in [4.69, 9.17) is 27.9 Å². The summed E-state index contributed by atoms with van der Waals surface area (Å²) in [6.07, 6.45) is 1.52. The molecule has 0 saturated carbocycles. The van der Waals surface area contributed by atoms with Crippen molar-refractivity contribution < 1.29 is 9.53 Å². The van der Waals surface area contributed by atoms with Crippen LogP contribution in [-0.4, -0.2) is 5.91 Å². The summed E-state index contributed by atoms with van der Waals surface area (Å²) in [6, 6.07) is 21.4. The standard InChI is InChI=1S/C23H15BrCl2N2O2/c24-18-2-1-3-20(11-18)28-23(29)17(13-27)10-15-4-8-21(9-5-15)30-14-16-6-7-19(25)12-22(16)26/h1-12H,14H2,(H,28,29)/b17-10-. The van der Waals surface area contributed by atoms with Crippen LogP contribution in [0.15, 0.2) is 76.8 Å².